The minimum Gasteiger partial charge on any atom is -0.462 e. The van der Waals surface area contributed by atoms with Crippen LogP contribution < -0.4 is 0 Å². The third-order valence-corrected chi connectivity index (χ3v) is 20.6. The second-order valence-corrected chi connectivity index (χ2v) is 33.0. The third kappa shape index (κ3) is 71.1. The van der Waals surface area contributed by atoms with E-state index in [1.54, 1.807) is 0 Å². The van der Waals surface area contributed by atoms with Crippen molar-refractivity contribution in [3.8, 4) is 0 Å². The van der Waals surface area contributed by atoms with E-state index in [0.29, 0.717) is 31.6 Å². The highest BCUT2D eigenvalue weighted by atomic mass is 31.2. The second-order valence-electron chi connectivity index (χ2n) is 30.1. The number of esters is 4. The van der Waals surface area contributed by atoms with Gasteiger partial charge in [0.25, 0.3) is 0 Å². The van der Waals surface area contributed by atoms with Crippen molar-refractivity contribution in [3.63, 3.8) is 0 Å². The Bertz CT molecular complexity index is 1920. The van der Waals surface area contributed by atoms with Gasteiger partial charge in [0, 0.05) is 25.7 Å². The first-order chi connectivity index (χ1) is 47.1. The molecule has 19 heteroatoms. The van der Waals surface area contributed by atoms with Gasteiger partial charge in [-0.15, -0.1) is 0 Å². The van der Waals surface area contributed by atoms with Crippen LogP contribution in [-0.4, -0.2) is 96.7 Å². The number of rotatable bonds is 76. The van der Waals surface area contributed by atoms with Gasteiger partial charge in [0.05, 0.1) is 26.4 Å². The summed E-state index contributed by atoms with van der Waals surface area (Å²) in [5.41, 5.74) is 0. The summed E-state index contributed by atoms with van der Waals surface area (Å²) < 4.78 is 68.6. The lowest BCUT2D eigenvalue weighted by molar-refractivity contribution is -0.161. The van der Waals surface area contributed by atoms with Crippen LogP contribution in [0.15, 0.2) is 0 Å². The van der Waals surface area contributed by atoms with Crippen LogP contribution in [0.25, 0.3) is 0 Å². The van der Waals surface area contributed by atoms with Crippen LogP contribution in [0, 0.1) is 23.7 Å². The Morgan fingerprint density at radius 3 is 0.724 bits per heavy atom. The van der Waals surface area contributed by atoms with Crippen molar-refractivity contribution >= 4 is 39.5 Å². The summed E-state index contributed by atoms with van der Waals surface area (Å²) in [6.45, 7) is 14.2. The molecule has 0 aliphatic rings. The van der Waals surface area contributed by atoms with Crippen molar-refractivity contribution in [2.24, 2.45) is 23.7 Å². The van der Waals surface area contributed by atoms with E-state index in [0.717, 1.165) is 114 Å². The molecular formula is C79H154O17P2. The predicted molar refractivity (Wildman–Crippen MR) is 400 cm³/mol. The number of carbonyl (C=O) groups is 4. The van der Waals surface area contributed by atoms with Crippen LogP contribution in [0.2, 0.25) is 0 Å². The normalized spacial score (nSPS) is 14.3. The second kappa shape index (κ2) is 68.2. The van der Waals surface area contributed by atoms with E-state index in [1.807, 2.05) is 0 Å². The lowest BCUT2D eigenvalue weighted by Gasteiger charge is -2.21. The van der Waals surface area contributed by atoms with Gasteiger partial charge in [-0.2, -0.15) is 0 Å². The lowest BCUT2D eigenvalue weighted by atomic mass is 9.99. The van der Waals surface area contributed by atoms with Gasteiger partial charge < -0.3 is 33.8 Å². The molecule has 0 amide bonds. The number of ether oxygens (including phenoxy) is 4. The van der Waals surface area contributed by atoms with Crippen molar-refractivity contribution in [1.82, 2.24) is 0 Å². The molecular weight excluding hydrogens is 1280 g/mol. The maximum Gasteiger partial charge on any atom is 0.472 e. The highest BCUT2D eigenvalue weighted by Crippen LogP contribution is 2.45. The number of carbonyl (C=O) groups excluding carboxylic acids is 4. The summed E-state index contributed by atoms with van der Waals surface area (Å²) in [5.74, 6) is 0.975. The molecule has 3 N–H and O–H groups in total. The number of phosphoric acid groups is 2. The van der Waals surface area contributed by atoms with Crippen LogP contribution in [0.1, 0.15) is 402 Å². The highest BCUT2D eigenvalue weighted by molar-refractivity contribution is 7.47. The average Bonchev–Trinajstić information content (AvgIpc) is 1.08. The topological polar surface area (TPSA) is 237 Å². The van der Waals surface area contributed by atoms with Crippen molar-refractivity contribution in [2.75, 3.05) is 39.6 Å². The van der Waals surface area contributed by atoms with E-state index in [1.165, 1.54) is 199 Å². The molecule has 6 atom stereocenters. The van der Waals surface area contributed by atoms with E-state index in [-0.39, 0.29) is 25.7 Å². The van der Waals surface area contributed by atoms with Gasteiger partial charge in [0.15, 0.2) is 12.2 Å². The first kappa shape index (κ1) is 96.1. The molecule has 0 aromatic heterocycles. The largest absolute Gasteiger partial charge is 0.472 e. The SMILES string of the molecule is CCC(C)CCCCCCCCCCCCCCCCC(=O)O[C@H](COC(=O)CCCCCCCCCCCCCCCC(C)C)COP(=O)(O)OC[C@@H](O)COP(=O)(O)OC[C@@H](COC(=O)CCCCCCCCC(C)C)OC(=O)CCCCCCCCCCCCCCC(C)C. The van der Waals surface area contributed by atoms with E-state index in [9.17, 15) is 43.2 Å². The summed E-state index contributed by atoms with van der Waals surface area (Å²) in [4.78, 5) is 72.9. The van der Waals surface area contributed by atoms with Gasteiger partial charge in [-0.3, -0.25) is 37.3 Å². The molecule has 0 rings (SSSR count). The molecule has 3 unspecified atom stereocenters. The minimum atomic E-state index is -4.96. The van der Waals surface area contributed by atoms with Crippen molar-refractivity contribution in [1.29, 1.82) is 0 Å². The quantitative estimate of drug-likeness (QED) is 0.0222. The lowest BCUT2D eigenvalue weighted by Crippen LogP contribution is -2.30. The Hall–Kier alpha value is -1.94. The van der Waals surface area contributed by atoms with Crippen molar-refractivity contribution in [2.45, 2.75) is 420 Å². The molecule has 0 aromatic carbocycles. The third-order valence-electron chi connectivity index (χ3n) is 18.7. The van der Waals surface area contributed by atoms with Crippen molar-refractivity contribution < 1.29 is 80.2 Å². The Morgan fingerprint density at radius 1 is 0.286 bits per heavy atom. The van der Waals surface area contributed by atoms with Crippen molar-refractivity contribution in [3.05, 3.63) is 0 Å². The van der Waals surface area contributed by atoms with Gasteiger partial charge in [0.2, 0.25) is 0 Å². The highest BCUT2D eigenvalue weighted by Gasteiger charge is 2.30. The van der Waals surface area contributed by atoms with Gasteiger partial charge in [-0.25, -0.2) is 9.13 Å². The summed E-state index contributed by atoms with van der Waals surface area (Å²) in [7, 11) is -9.92. The molecule has 0 aliphatic heterocycles. The maximum absolute atomic E-state index is 13.1. The van der Waals surface area contributed by atoms with Gasteiger partial charge in [-0.05, 0) is 49.4 Å². The number of aliphatic hydroxyl groups is 1. The first-order valence-electron chi connectivity index (χ1n) is 40.7. The Morgan fingerprint density at radius 2 is 0.490 bits per heavy atom. The summed E-state index contributed by atoms with van der Waals surface area (Å²) >= 11 is 0. The molecule has 0 radical (unpaired) electrons. The summed E-state index contributed by atoms with van der Waals surface area (Å²) in [6, 6.07) is 0. The molecule has 0 saturated carbocycles. The van der Waals surface area contributed by atoms with Crippen LogP contribution in [0.4, 0.5) is 0 Å². The molecule has 582 valence electrons. The molecule has 0 saturated heterocycles. The smallest absolute Gasteiger partial charge is 0.462 e. The van der Waals surface area contributed by atoms with Gasteiger partial charge in [0.1, 0.15) is 19.3 Å². The molecule has 0 aromatic rings. The van der Waals surface area contributed by atoms with E-state index in [4.69, 9.17) is 37.0 Å². The number of phosphoric ester groups is 2. The van der Waals surface area contributed by atoms with E-state index >= 15 is 0 Å². The average molecular weight is 1440 g/mol. The Labute approximate surface area is 600 Å². The van der Waals surface area contributed by atoms with Crippen LogP contribution in [-0.2, 0) is 65.4 Å². The Kier molecular flexibility index (Phi) is 66.8. The summed E-state index contributed by atoms with van der Waals surface area (Å²) in [5, 5.41) is 10.6. The zero-order chi connectivity index (χ0) is 72.4. The molecule has 0 bridgehead atoms. The van der Waals surface area contributed by atoms with Gasteiger partial charge in [-0.1, -0.05) is 351 Å². The van der Waals surface area contributed by atoms with E-state index in [2.05, 4.69) is 55.4 Å². The van der Waals surface area contributed by atoms with E-state index < -0.39 is 97.5 Å². The number of unbranched alkanes of at least 4 members (excludes halogenated alkanes) is 41. The fourth-order valence-electron chi connectivity index (χ4n) is 12.0. The number of hydrogen-bond donors (Lipinski definition) is 3. The molecule has 17 nitrogen and oxygen atoms in total. The van der Waals surface area contributed by atoms with Gasteiger partial charge >= 0.3 is 39.5 Å². The molecule has 0 spiro atoms. The fraction of sp³-hybridized carbons (Fsp3) is 0.949. The molecule has 98 heavy (non-hydrogen) atoms. The molecule has 0 heterocycles. The zero-order valence-electron chi connectivity index (χ0n) is 64.4. The Balaban J connectivity index is 5.24. The maximum atomic E-state index is 13.1. The van der Waals surface area contributed by atoms with Crippen LogP contribution in [0.3, 0.4) is 0 Å². The van der Waals surface area contributed by atoms with Crippen LogP contribution in [0.5, 0.6) is 0 Å². The standard InChI is InChI=1S/C79H154O17P2/c1-9-72(8)58-50-42-33-27-21-14-10-11-15-23-29-35-45-53-61-78(83)95-74(65-89-76(81)59-51-43-34-28-22-16-12-13-19-25-31-39-47-55-69(2)3)67-93-97(85,86)91-63-73(80)64-92-98(87,88)94-68-75(66-90-77(82)60-52-44-38-37-41-49-57-71(6)7)96-79(84)62-54-46-36-30-24-18-17-20-26-32-40-48-56-70(4)5/h69-75,80H,9-68H2,1-8H3,(H,85,86)(H,87,88)/t72?,73-,74-,75-/m1/s1. The number of aliphatic hydroxyl groups excluding tert-OH is 1. The minimum absolute atomic E-state index is 0.105. The first-order valence-corrected chi connectivity index (χ1v) is 43.7. The molecule has 0 fully saturated rings. The monoisotopic (exact) mass is 1440 g/mol. The van der Waals surface area contributed by atoms with Crippen LogP contribution >= 0.6 is 15.6 Å². The fourth-order valence-corrected chi connectivity index (χ4v) is 13.6. The molecule has 0 aliphatic carbocycles. The summed E-state index contributed by atoms with van der Waals surface area (Å²) in [6.07, 6.45) is 54.2. The zero-order valence-corrected chi connectivity index (χ0v) is 66.2. The predicted octanol–water partition coefficient (Wildman–Crippen LogP) is 23.2. The number of hydrogen-bond acceptors (Lipinski definition) is 15.